The zero-order valence-electron chi connectivity index (χ0n) is 7.20. The third kappa shape index (κ3) is 1.37. The summed E-state index contributed by atoms with van der Waals surface area (Å²) in [5.74, 6) is -0.747. The van der Waals surface area contributed by atoms with Crippen molar-refractivity contribution in [1.29, 1.82) is 0 Å². The van der Waals surface area contributed by atoms with Crippen LogP contribution in [0.2, 0.25) is 0 Å². The summed E-state index contributed by atoms with van der Waals surface area (Å²) in [7, 11) is 0. The van der Waals surface area contributed by atoms with Crippen molar-refractivity contribution in [2.75, 3.05) is 0 Å². The van der Waals surface area contributed by atoms with Crippen LogP contribution in [-0.4, -0.2) is 11.1 Å². The van der Waals surface area contributed by atoms with Gasteiger partial charge in [0.2, 0.25) is 0 Å². The highest BCUT2D eigenvalue weighted by Gasteiger charge is 2.33. The van der Waals surface area contributed by atoms with Crippen LogP contribution in [0, 0.1) is 0 Å². The Labute approximate surface area is 75.9 Å². The topological polar surface area (TPSA) is 37.3 Å². The number of carboxylic acids is 1. The smallest absolute Gasteiger partial charge is 0.313 e. The molecule has 0 saturated heterocycles. The second-order valence-corrected chi connectivity index (χ2v) is 3.78. The lowest BCUT2D eigenvalue weighted by molar-refractivity contribution is -0.143. The quantitative estimate of drug-likeness (QED) is 0.783. The normalized spacial score (nSPS) is 15.5. The largest absolute Gasteiger partial charge is 0.481 e. The Morgan fingerprint density at radius 1 is 1.75 bits per heavy atom. The molecule has 0 amide bonds. The van der Waals surface area contributed by atoms with E-state index in [2.05, 4.69) is 0 Å². The minimum absolute atomic E-state index is 0.624. The van der Waals surface area contributed by atoms with Gasteiger partial charge < -0.3 is 5.11 Å². The van der Waals surface area contributed by atoms with Gasteiger partial charge in [-0.25, -0.2) is 0 Å². The van der Waals surface area contributed by atoms with Crippen molar-refractivity contribution in [3.8, 4) is 0 Å². The van der Waals surface area contributed by atoms with Gasteiger partial charge in [0.25, 0.3) is 0 Å². The second-order valence-electron chi connectivity index (χ2n) is 3.00. The molecule has 1 aromatic heterocycles. The molecule has 0 fully saturated rings. The minimum atomic E-state index is -0.747. The van der Waals surface area contributed by atoms with E-state index in [9.17, 15) is 4.79 Å². The van der Waals surface area contributed by atoms with Gasteiger partial charge >= 0.3 is 5.97 Å². The molecule has 0 bridgehead atoms. The highest BCUT2D eigenvalue weighted by Crippen LogP contribution is 2.29. The van der Waals surface area contributed by atoms with Crippen molar-refractivity contribution >= 4 is 17.3 Å². The molecule has 0 aliphatic rings. The zero-order valence-corrected chi connectivity index (χ0v) is 8.02. The van der Waals surface area contributed by atoms with Crippen molar-refractivity contribution in [1.82, 2.24) is 0 Å². The van der Waals surface area contributed by atoms with Gasteiger partial charge in [0.05, 0.1) is 5.41 Å². The van der Waals surface area contributed by atoms with Gasteiger partial charge in [0.15, 0.2) is 0 Å². The van der Waals surface area contributed by atoms with Crippen LogP contribution in [0.5, 0.6) is 0 Å². The first kappa shape index (κ1) is 9.26. The van der Waals surface area contributed by atoms with Crippen LogP contribution in [0.15, 0.2) is 16.8 Å². The lowest BCUT2D eigenvalue weighted by atomic mass is 9.82. The first-order chi connectivity index (χ1) is 5.61. The molecule has 0 aliphatic heterocycles. The molecular weight excluding hydrogens is 172 g/mol. The number of rotatable bonds is 3. The molecule has 66 valence electrons. The van der Waals surface area contributed by atoms with E-state index in [0.29, 0.717) is 6.42 Å². The fourth-order valence-electron chi connectivity index (χ4n) is 1.06. The average Bonchev–Trinajstić information content (AvgIpc) is 2.54. The lowest BCUT2D eigenvalue weighted by Crippen LogP contribution is -2.30. The standard InChI is InChI=1S/C9H12O2S/c1-3-9(2,8(10)11)7-4-5-12-6-7/h4-6H,3H2,1-2H3,(H,10,11). The van der Waals surface area contributed by atoms with E-state index in [4.69, 9.17) is 5.11 Å². The molecule has 1 heterocycles. The molecule has 1 rings (SSSR count). The Balaban J connectivity index is 3.04. The molecule has 12 heavy (non-hydrogen) atoms. The Morgan fingerprint density at radius 2 is 2.42 bits per heavy atom. The molecule has 1 N–H and O–H groups in total. The maximum Gasteiger partial charge on any atom is 0.313 e. The van der Waals surface area contributed by atoms with Crippen molar-refractivity contribution < 1.29 is 9.90 Å². The van der Waals surface area contributed by atoms with E-state index in [0.717, 1.165) is 5.56 Å². The van der Waals surface area contributed by atoms with Gasteiger partial charge in [0, 0.05) is 0 Å². The van der Waals surface area contributed by atoms with E-state index in [1.54, 1.807) is 6.92 Å². The van der Waals surface area contributed by atoms with Gasteiger partial charge in [0.1, 0.15) is 0 Å². The van der Waals surface area contributed by atoms with Crippen molar-refractivity contribution in [3.63, 3.8) is 0 Å². The van der Waals surface area contributed by atoms with Crippen LogP contribution in [-0.2, 0) is 10.2 Å². The van der Waals surface area contributed by atoms with Crippen LogP contribution in [0.3, 0.4) is 0 Å². The summed E-state index contributed by atoms with van der Waals surface area (Å²) in [5.41, 5.74) is 0.197. The van der Waals surface area contributed by atoms with Crippen molar-refractivity contribution in [3.05, 3.63) is 22.4 Å². The van der Waals surface area contributed by atoms with Crippen molar-refractivity contribution in [2.24, 2.45) is 0 Å². The van der Waals surface area contributed by atoms with E-state index in [-0.39, 0.29) is 0 Å². The highest BCUT2D eigenvalue weighted by atomic mass is 32.1. The molecule has 0 spiro atoms. The zero-order chi connectivity index (χ0) is 9.19. The second kappa shape index (κ2) is 3.27. The van der Waals surface area contributed by atoms with Crippen molar-refractivity contribution in [2.45, 2.75) is 25.7 Å². The van der Waals surface area contributed by atoms with E-state index < -0.39 is 11.4 Å². The predicted molar refractivity (Wildman–Crippen MR) is 49.6 cm³/mol. The van der Waals surface area contributed by atoms with Crippen LogP contribution in [0.4, 0.5) is 0 Å². The monoisotopic (exact) mass is 184 g/mol. The summed E-state index contributed by atoms with van der Waals surface area (Å²) in [6.45, 7) is 3.66. The SMILES string of the molecule is CCC(C)(C(=O)O)c1ccsc1. The summed E-state index contributed by atoms with van der Waals surface area (Å²) in [6, 6.07) is 1.88. The predicted octanol–water partition coefficient (Wildman–Crippen LogP) is 2.50. The Kier molecular flexibility index (Phi) is 2.52. The van der Waals surface area contributed by atoms with Gasteiger partial charge in [-0.3, -0.25) is 4.79 Å². The summed E-state index contributed by atoms with van der Waals surface area (Å²) in [4.78, 5) is 11.0. The van der Waals surface area contributed by atoms with Gasteiger partial charge in [-0.15, -0.1) is 0 Å². The van der Waals surface area contributed by atoms with Crippen LogP contribution in [0.25, 0.3) is 0 Å². The number of aliphatic carboxylic acids is 1. The number of thiophene rings is 1. The summed E-state index contributed by atoms with van der Waals surface area (Å²) in [5, 5.41) is 12.8. The third-order valence-corrected chi connectivity index (χ3v) is 3.02. The Bertz CT molecular complexity index is 266. The van der Waals surface area contributed by atoms with E-state index in [1.807, 2.05) is 23.8 Å². The average molecular weight is 184 g/mol. The summed E-state index contributed by atoms with van der Waals surface area (Å²) in [6.07, 6.45) is 0.624. The van der Waals surface area contributed by atoms with Crippen LogP contribution in [0.1, 0.15) is 25.8 Å². The maximum absolute atomic E-state index is 11.0. The highest BCUT2D eigenvalue weighted by molar-refractivity contribution is 7.08. The van der Waals surface area contributed by atoms with Crippen LogP contribution < -0.4 is 0 Å². The van der Waals surface area contributed by atoms with Gasteiger partial charge in [-0.05, 0) is 35.7 Å². The molecule has 1 unspecified atom stereocenters. The maximum atomic E-state index is 11.0. The molecule has 3 heteroatoms. The lowest BCUT2D eigenvalue weighted by Gasteiger charge is -2.21. The minimum Gasteiger partial charge on any atom is -0.481 e. The molecular formula is C9H12O2S. The van der Waals surface area contributed by atoms with Gasteiger partial charge in [-0.2, -0.15) is 11.3 Å². The Morgan fingerprint density at radius 3 is 2.75 bits per heavy atom. The molecule has 0 saturated carbocycles. The molecule has 0 aromatic carbocycles. The fourth-order valence-corrected chi connectivity index (χ4v) is 1.85. The first-order valence-corrected chi connectivity index (χ1v) is 4.81. The van der Waals surface area contributed by atoms with Gasteiger partial charge in [-0.1, -0.05) is 6.92 Å². The number of carboxylic acid groups (broad SMARTS) is 1. The fraction of sp³-hybridized carbons (Fsp3) is 0.444. The summed E-state index contributed by atoms with van der Waals surface area (Å²) >= 11 is 1.54. The third-order valence-electron chi connectivity index (χ3n) is 2.34. The van der Waals surface area contributed by atoms with E-state index >= 15 is 0 Å². The molecule has 1 atom stereocenters. The Hall–Kier alpha value is -0.830. The van der Waals surface area contributed by atoms with E-state index in [1.165, 1.54) is 11.3 Å². The molecule has 2 nitrogen and oxygen atoms in total. The molecule has 0 radical (unpaired) electrons. The summed E-state index contributed by atoms with van der Waals surface area (Å²) < 4.78 is 0. The molecule has 1 aromatic rings. The number of carbonyl (C=O) groups is 1. The number of hydrogen-bond donors (Lipinski definition) is 1. The molecule has 0 aliphatic carbocycles. The number of hydrogen-bond acceptors (Lipinski definition) is 2. The van der Waals surface area contributed by atoms with Crippen LogP contribution >= 0.6 is 11.3 Å². The first-order valence-electron chi connectivity index (χ1n) is 3.87.